The lowest BCUT2D eigenvalue weighted by molar-refractivity contribution is 0.0910. The Morgan fingerprint density at radius 2 is 2.36 bits per heavy atom. The molecule has 14 heavy (non-hydrogen) atoms. The topological polar surface area (TPSA) is 60.9 Å². The fourth-order valence-electron chi connectivity index (χ4n) is 1.46. The summed E-state index contributed by atoms with van der Waals surface area (Å²) in [5.74, 6) is 0.0337. The van der Waals surface area contributed by atoms with Crippen molar-refractivity contribution in [3.8, 4) is 0 Å². The first-order valence-corrected chi connectivity index (χ1v) is 5.00. The van der Waals surface area contributed by atoms with Gasteiger partial charge in [0.15, 0.2) is 5.78 Å². The molecule has 0 saturated carbocycles. The Balaban J connectivity index is 2.87. The van der Waals surface area contributed by atoms with Gasteiger partial charge in [-0.15, -0.1) is 0 Å². The molecule has 0 aliphatic carbocycles. The van der Waals surface area contributed by atoms with E-state index in [0.29, 0.717) is 12.2 Å². The molecular formula is C10H17N3O. The van der Waals surface area contributed by atoms with E-state index >= 15 is 0 Å². The Kier molecular flexibility index (Phi) is 3.83. The Morgan fingerprint density at radius 1 is 1.64 bits per heavy atom. The van der Waals surface area contributed by atoms with Crippen LogP contribution in [-0.4, -0.2) is 22.1 Å². The minimum Gasteiger partial charge on any atom is -0.330 e. The number of nitrogens with zero attached hydrogens (tertiary/aromatic N) is 2. The van der Waals surface area contributed by atoms with Gasteiger partial charge in [-0.1, -0.05) is 6.92 Å². The Labute approximate surface area is 84.1 Å². The largest absolute Gasteiger partial charge is 0.330 e. The zero-order valence-electron chi connectivity index (χ0n) is 8.73. The van der Waals surface area contributed by atoms with E-state index in [0.717, 1.165) is 13.0 Å². The second-order valence-electron chi connectivity index (χ2n) is 3.24. The maximum absolute atomic E-state index is 11.9. The molecule has 0 spiro atoms. The fourth-order valence-corrected chi connectivity index (χ4v) is 1.46. The van der Waals surface area contributed by atoms with E-state index in [2.05, 4.69) is 5.10 Å². The Hall–Kier alpha value is -1.16. The summed E-state index contributed by atoms with van der Waals surface area (Å²) in [6, 6.07) is 1.75. The van der Waals surface area contributed by atoms with Gasteiger partial charge in [0.1, 0.15) is 5.69 Å². The van der Waals surface area contributed by atoms with E-state index < -0.39 is 0 Å². The molecule has 0 amide bonds. The van der Waals surface area contributed by atoms with Crippen LogP contribution in [0.1, 0.15) is 30.8 Å². The minimum atomic E-state index is -0.0722. The smallest absolute Gasteiger partial charge is 0.185 e. The molecule has 1 aromatic rings. The third kappa shape index (κ3) is 2.01. The number of carbonyl (C=O) groups is 1. The first kappa shape index (κ1) is 10.9. The van der Waals surface area contributed by atoms with E-state index in [1.807, 2.05) is 13.8 Å². The third-order valence-electron chi connectivity index (χ3n) is 2.42. The molecule has 1 rings (SSSR count). The first-order valence-electron chi connectivity index (χ1n) is 5.00. The van der Waals surface area contributed by atoms with Crippen LogP contribution in [0.15, 0.2) is 12.3 Å². The van der Waals surface area contributed by atoms with E-state index in [1.54, 1.807) is 16.9 Å². The molecule has 78 valence electrons. The maximum atomic E-state index is 11.9. The molecule has 4 nitrogen and oxygen atoms in total. The molecule has 2 N–H and O–H groups in total. The van der Waals surface area contributed by atoms with Gasteiger partial charge < -0.3 is 5.73 Å². The summed E-state index contributed by atoms with van der Waals surface area (Å²) in [6.45, 7) is 5.06. The molecule has 1 aromatic heterocycles. The quantitative estimate of drug-likeness (QED) is 0.715. The van der Waals surface area contributed by atoms with E-state index in [9.17, 15) is 4.79 Å². The summed E-state index contributed by atoms with van der Waals surface area (Å²) in [5, 5.41) is 4.06. The van der Waals surface area contributed by atoms with Crippen molar-refractivity contribution in [2.24, 2.45) is 11.7 Å². The summed E-state index contributed by atoms with van der Waals surface area (Å²) in [4.78, 5) is 11.9. The van der Waals surface area contributed by atoms with Crippen molar-refractivity contribution in [2.45, 2.75) is 26.8 Å². The zero-order valence-corrected chi connectivity index (χ0v) is 8.73. The Bertz CT molecular complexity index is 302. The number of hydrogen-bond acceptors (Lipinski definition) is 3. The second-order valence-corrected chi connectivity index (χ2v) is 3.24. The standard InChI is InChI=1S/C10H17N3O/c1-3-8(7-11)10(14)9-5-6-12-13(9)4-2/h5-6,8H,3-4,7,11H2,1-2H3. The summed E-state index contributed by atoms with van der Waals surface area (Å²) in [6.07, 6.45) is 2.43. The van der Waals surface area contributed by atoms with Gasteiger partial charge in [0, 0.05) is 25.2 Å². The van der Waals surface area contributed by atoms with Crippen molar-refractivity contribution < 1.29 is 4.79 Å². The van der Waals surface area contributed by atoms with Gasteiger partial charge in [0.2, 0.25) is 0 Å². The van der Waals surface area contributed by atoms with E-state index in [-0.39, 0.29) is 11.7 Å². The highest BCUT2D eigenvalue weighted by molar-refractivity contribution is 5.96. The molecule has 4 heteroatoms. The van der Waals surface area contributed by atoms with Crippen molar-refractivity contribution in [3.63, 3.8) is 0 Å². The van der Waals surface area contributed by atoms with Crippen molar-refractivity contribution in [1.29, 1.82) is 0 Å². The van der Waals surface area contributed by atoms with Gasteiger partial charge in [0.05, 0.1) is 0 Å². The molecule has 0 bridgehead atoms. The van der Waals surface area contributed by atoms with Gasteiger partial charge in [-0.05, 0) is 19.4 Å². The van der Waals surface area contributed by atoms with Gasteiger partial charge in [-0.3, -0.25) is 9.48 Å². The highest BCUT2D eigenvalue weighted by Gasteiger charge is 2.19. The molecule has 0 aliphatic heterocycles. The molecular weight excluding hydrogens is 178 g/mol. The van der Waals surface area contributed by atoms with Crippen molar-refractivity contribution in [2.75, 3.05) is 6.54 Å². The van der Waals surface area contributed by atoms with Crippen LogP contribution in [0, 0.1) is 5.92 Å². The van der Waals surface area contributed by atoms with Gasteiger partial charge in [0.25, 0.3) is 0 Å². The summed E-state index contributed by atoms with van der Waals surface area (Å²) >= 11 is 0. The highest BCUT2D eigenvalue weighted by Crippen LogP contribution is 2.10. The van der Waals surface area contributed by atoms with Crippen molar-refractivity contribution in [1.82, 2.24) is 9.78 Å². The number of aryl methyl sites for hydroxylation is 1. The average molecular weight is 195 g/mol. The van der Waals surface area contributed by atoms with E-state index in [4.69, 9.17) is 5.73 Å². The van der Waals surface area contributed by atoms with E-state index in [1.165, 1.54) is 0 Å². The number of ketones is 1. The summed E-state index contributed by atoms with van der Waals surface area (Å²) < 4.78 is 1.71. The van der Waals surface area contributed by atoms with Gasteiger partial charge in [-0.25, -0.2) is 0 Å². The second kappa shape index (κ2) is 4.91. The van der Waals surface area contributed by atoms with Crippen LogP contribution >= 0.6 is 0 Å². The van der Waals surface area contributed by atoms with Crippen LogP contribution in [0.2, 0.25) is 0 Å². The number of carbonyl (C=O) groups excluding carboxylic acids is 1. The average Bonchev–Trinajstić information content (AvgIpc) is 2.67. The number of aromatic nitrogens is 2. The lowest BCUT2D eigenvalue weighted by atomic mass is 9.99. The van der Waals surface area contributed by atoms with Crippen LogP contribution in [0.5, 0.6) is 0 Å². The van der Waals surface area contributed by atoms with Crippen LogP contribution in [0.4, 0.5) is 0 Å². The van der Waals surface area contributed by atoms with Gasteiger partial charge >= 0.3 is 0 Å². The van der Waals surface area contributed by atoms with Crippen LogP contribution in [0.25, 0.3) is 0 Å². The summed E-state index contributed by atoms with van der Waals surface area (Å²) in [5.41, 5.74) is 6.20. The Morgan fingerprint density at radius 3 is 2.86 bits per heavy atom. The lowest BCUT2D eigenvalue weighted by Crippen LogP contribution is -2.25. The number of nitrogens with two attached hydrogens (primary N) is 1. The predicted octanol–water partition coefficient (Wildman–Crippen LogP) is 1.07. The van der Waals surface area contributed by atoms with Crippen molar-refractivity contribution in [3.05, 3.63) is 18.0 Å². The molecule has 1 heterocycles. The van der Waals surface area contributed by atoms with Crippen LogP contribution < -0.4 is 5.73 Å². The number of Topliss-reactive ketones (excluding diaryl/α,β-unsaturated/α-hetero) is 1. The zero-order chi connectivity index (χ0) is 10.6. The van der Waals surface area contributed by atoms with Crippen LogP contribution in [0.3, 0.4) is 0 Å². The molecule has 0 aliphatic rings. The lowest BCUT2D eigenvalue weighted by Gasteiger charge is -2.11. The minimum absolute atomic E-state index is 0.0722. The SMILES string of the molecule is CCC(CN)C(=O)c1ccnn1CC. The van der Waals surface area contributed by atoms with Gasteiger partial charge in [-0.2, -0.15) is 5.10 Å². The van der Waals surface area contributed by atoms with Crippen LogP contribution in [-0.2, 0) is 6.54 Å². The monoisotopic (exact) mass is 195 g/mol. The molecule has 0 aromatic carbocycles. The molecule has 1 unspecified atom stereocenters. The maximum Gasteiger partial charge on any atom is 0.185 e. The summed E-state index contributed by atoms with van der Waals surface area (Å²) in [7, 11) is 0. The molecule has 0 radical (unpaired) electrons. The normalized spacial score (nSPS) is 12.8. The predicted molar refractivity (Wildman–Crippen MR) is 55.1 cm³/mol. The number of rotatable bonds is 5. The number of hydrogen-bond donors (Lipinski definition) is 1. The molecule has 0 fully saturated rings. The van der Waals surface area contributed by atoms with Crippen molar-refractivity contribution >= 4 is 5.78 Å². The molecule has 1 atom stereocenters. The third-order valence-corrected chi connectivity index (χ3v) is 2.42. The fraction of sp³-hybridized carbons (Fsp3) is 0.600. The first-order chi connectivity index (χ1) is 6.74. The highest BCUT2D eigenvalue weighted by atomic mass is 16.1. The molecule has 0 saturated heterocycles.